The van der Waals surface area contributed by atoms with Crippen molar-refractivity contribution in [2.45, 2.75) is 57.8 Å². The first-order valence-corrected chi connectivity index (χ1v) is 9.99. The van der Waals surface area contributed by atoms with Crippen molar-refractivity contribution in [1.82, 2.24) is 30.3 Å². The molecule has 2 aromatic rings. The molecule has 1 atom stereocenters. The maximum atomic E-state index is 13.0. The van der Waals surface area contributed by atoms with Gasteiger partial charge in [-0.05, 0) is 43.9 Å². The molecule has 2 amide bonds. The molecule has 8 heteroatoms. The summed E-state index contributed by atoms with van der Waals surface area (Å²) in [6, 6.07) is 6.86. The number of likely N-dealkylation sites (tertiary alicyclic amines) is 1. The van der Waals surface area contributed by atoms with E-state index >= 15 is 0 Å². The predicted molar refractivity (Wildman–Crippen MR) is 103 cm³/mol. The van der Waals surface area contributed by atoms with E-state index in [1.807, 2.05) is 23.7 Å². The molecular formula is C20H27FN6O. The summed E-state index contributed by atoms with van der Waals surface area (Å²) >= 11 is 0. The Morgan fingerprint density at radius 1 is 1.14 bits per heavy atom. The number of nitrogens with zero attached hydrogens (tertiary/aromatic N) is 4. The quantitative estimate of drug-likeness (QED) is 0.843. The highest BCUT2D eigenvalue weighted by atomic mass is 19.1. The molecule has 4 rings (SSSR count). The van der Waals surface area contributed by atoms with Gasteiger partial charge in [0.2, 0.25) is 0 Å². The Balaban J connectivity index is 1.19. The van der Waals surface area contributed by atoms with E-state index in [0.717, 1.165) is 62.5 Å². The highest BCUT2D eigenvalue weighted by Crippen LogP contribution is 2.15. The summed E-state index contributed by atoms with van der Waals surface area (Å²) in [4.78, 5) is 19.1. The molecule has 2 aliphatic heterocycles. The largest absolute Gasteiger partial charge is 0.335 e. The number of fused-ring (bicyclic) bond motifs is 1. The zero-order valence-corrected chi connectivity index (χ0v) is 16.2. The number of carbonyl (C=O) groups is 1. The summed E-state index contributed by atoms with van der Waals surface area (Å²) in [5.74, 6) is 1.59. The molecular weight excluding hydrogens is 359 g/mol. The van der Waals surface area contributed by atoms with E-state index in [9.17, 15) is 9.18 Å². The third kappa shape index (κ3) is 4.67. The van der Waals surface area contributed by atoms with Crippen LogP contribution in [0.5, 0.6) is 0 Å². The van der Waals surface area contributed by atoms with Gasteiger partial charge in [-0.2, -0.15) is 5.10 Å². The minimum absolute atomic E-state index is 0.0900. The average Bonchev–Trinajstić information content (AvgIpc) is 3.04. The fourth-order valence-electron chi connectivity index (χ4n) is 4.05. The second kappa shape index (κ2) is 8.26. The van der Waals surface area contributed by atoms with E-state index in [0.29, 0.717) is 6.54 Å². The first kappa shape index (κ1) is 18.9. The smallest absolute Gasteiger partial charge is 0.315 e. The minimum Gasteiger partial charge on any atom is -0.335 e. The van der Waals surface area contributed by atoms with Gasteiger partial charge in [0.15, 0.2) is 0 Å². The number of carbonyl (C=O) groups excluding carboxylic acids is 1. The Kier molecular flexibility index (Phi) is 5.57. The van der Waals surface area contributed by atoms with Crippen molar-refractivity contribution in [2.24, 2.45) is 0 Å². The Morgan fingerprint density at radius 2 is 1.86 bits per heavy atom. The molecule has 1 aromatic heterocycles. The third-order valence-corrected chi connectivity index (χ3v) is 5.54. The molecule has 1 unspecified atom stereocenters. The lowest BCUT2D eigenvalue weighted by Crippen LogP contribution is -2.51. The average molecular weight is 386 g/mol. The van der Waals surface area contributed by atoms with Crippen molar-refractivity contribution in [3.8, 4) is 0 Å². The first-order valence-electron chi connectivity index (χ1n) is 9.99. The molecule has 28 heavy (non-hydrogen) atoms. The van der Waals surface area contributed by atoms with Crippen molar-refractivity contribution in [3.05, 3.63) is 47.3 Å². The predicted octanol–water partition coefficient (Wildman–Crippen LogP) is 2.00. The van der Waals surface area contributed by atoms with E-state index in [4.69, 9.17) is 0 Å². The van der Waals surface area contributed by atoms with Gasteiger partial charge in [0.05, 0.1) is 12.6 Å². The van der Waals surface area contributed by atoms with Crippen LogP contribution in [0.25, 0.3) is 0 Å². The van der Waals surface area contributed by atoms with E-state index < -0.39 is 0 Å². The number of hydrogen-bond acceptors (Lipinski definition) is 4. The van der Waals surface area contributed by atoms with Gasteiger partial charge >= 0.3 is 6.03 Å². The van der Waals surface area contributed by atoms with Gasteiger partial charge in [-0.25, -0.2) is 18.9 Å². The summed E-state index contributed by atoms with van der Waals surface area (Å²) in [7, 11) is 0. The SMILES string of the molecule is Cc1nc2n(n1)CC(NC(=O)NC1CCN(Cc3ccc(F)cc3)CC1)CC2. The number of aryl methyl sites for hydroxylation is 2. The van der Waals surface area contributed by atoms with Crippen LogP contribution >= 0.6 is 0 Å². The van der Waals surface area contributed by atoms with Gasteiger partial charge in [-0.1, -0.05) is 12.1 Å². The van der Waals surface area contributed by atoms with Crippen molar-refractivity contribution >= 4 is 6.03 Å². The number of halogens is 1. The third-order valence-electron chi connectivity index (χ3n) is 5.54. The van der Waals surface area contributed by atoms with Crippen molar-refractivity contribution in [1.29, 1.82) is 0 Å². The zero-order valence-electron chi connectivity index (χ0n) is 16.2. The Bertz CT molecular complexity index is 813. The van der Waals surface area contributed by atoms with Gasteiger partial charge in [-0.3, -0.25) is 4.90 Å². The standard InChI is InChI=1S/C20H27FN6O/c1-14-22-19-7-6-18(13-27(19)25-14)24-20(28)23-17-8-10-26(11-9-17)12-15-2-4-16(21)5-3-15/h2-5,17-18H,6-13H2,1H3,(H2,23,24,28). The van der Waals surface area contributed by atoms with E-state index in [2.05, 4.69) is 25.6 Å². The molecule has 0 spiro atoms. The molecule has 2 aliphatic rings. The number of nitrogens with one attached hydrogen (secondary N) is 2. The molecule has 1 saturated heterocycles. The van der Waals surface area contributed by atoms with E-state index in [1.54, 1.807) is 0 Å². The van der Waals surface area contributed by atoms with Crippen LogP contribution in [0, 0.1) is 12.7 Å². The summed E-state index contributed by atoms with van der Waals surface area (Å²) in [5.41, 5.74) is 1.12. The first-order chi connectivity index (χ1) is 13.5. The normalized spacial score (nSPS) is 20.6. The maximum Gasteiger partial charge on any atom is 0.315 e. The molecule has 3 heterocycles. The number of rotatable bonds is 4. The molecule has 0 aliphatic carbocycles. The van der Waals surface area contributed by atoms with Crippen LogP contribution in [0.15, 0.2) is 24.3 Å². The second-order valence-corrected chi connectivity index (χ2v) is 7.79. The molecule has 0 radical (unpaired) electrons. The minimum atomic E-state index is -0.203. The number of piperidine rings is 1. The van der Waals surface area contributed by atoms with Gasteiger partial charge in [0.1, 0.15) is 17.5 Å². The molecule has 1 fully saturated rings. The van der Waals surface area contributed by atoms with Crippen LogP contribution in [-0.2, 0) is 19.5 Å². The van der Waals surface area contributed by atoms with Crippen LogP contribution in [0.3, 0.4) is 0 Å². The summed E-state index contributed by atoms with van der Waals surface area (Å²) < 4.78 is 14.9. The number of amides is 2. The van der Waals surface area contributed by atoms with Gasteiger partial charge in [0, 0.05) is 32.1 Å². The van der Waals surface area contributed by atoms with E-state index in [-0.39, 0.29) is 23.9 Å². The van der Waals surface area contributed by atoms with Crippen molar-refractivity contribution < 1.29 is 9.18 Å². The Labute approximate surface area is 164 Å². The lowest BCUT2D eigenvalue weighted by atomic mass is 10.0. The highest BCUT2D eigenvalue weighted by molar-refractivity contribution is 5.74. The topological polar surface area (TPSA) is 75.1 Å². The maximum absolute atomic E-state index is 13.0. The summed E-state index contributed by atoms with van der Waals surface area (Å²) in [5, 5.41) is 10.6. The van der Waals surface area contributed by atoms with Gasteiger partial charge in [0.25, 0.3) is 0 Å². The van der Waals surface area contributed by atoms with Crippen LogP contribution in [0.2, 0.25) is 0 Å². The van der Waals surface area contributed by atoms with Crippen LogP contribution in [-0.4, -0.2) is 50.9 Å². The van der Waals surface area contributed by atoms with Gasteiger partial charge < -0.3 is 10.6 Å². The van der Waals surface area contributed by atoms with Crippen LogP contribution in [0.1, 0.15) is 36.5 Å². The van der Waals surface area contributed by atoms with Crippen LogP contribution < -0.4 is 10.6 Å². The number of urea groups is 1. The second-order valence-electron chi connectivity index (χ2n) is 7.79. The lowest BCUT2D eigenvalue weighted by molar-refractivity contribution is 0.184. The monoisotopic (exact) mass is 386 g/mol. The number of hydrogen-bond donors (Lipinski definition) is 2. The highest BCUT2D eigenvalue weighted by Gasteiger charge is 2.24. The molecule has 0 bridgehead atoms. The van der Waals surface area contributed by atoms with Gasteiger partial charge in [-0.15, -0.1) is 0 Å². The summed E-state index contributed by atoms with van der Waals surface area (Å²) in [6.07, 6.45) is 3.58. The van der Waals surface area contributed by atoms with Crippen molar-refractivity contribution in [2.75, 3.05) is 13.1 Å². The fourth-order valence-corrected chi connectivity index (χ4v) is 4.05. The molecule has 150 valence electrons. The molecule has 0 saturated carbocycles. The number of aromatic nitrogens is 3. The fraction of sp³-hybridized carbons (Fsp3) is 0.550. The van der Waals surface area contributed by atoms with E-state index in [1.165, 1.54) is 12.1 Å². The molecule has 1 aromatic carbocycles. The lowest BCUT2D eigenvalue weighted by Gasteiger charge is -2.33. The number of benzene rings is 1. The van der Waals surface area contributed by atoms with Crippen molar-refractivity contribution in [3.63, 3.8) is 0 Å². The molecule has 2 N–H and O–H groups in total. The summed E-state index contributed by atoms with van der Waals surface area (Å²) in [6.45, 7) is 5.24. The Morgan fingerprint density at radius 3 is 2.61 bits per heavy atom. The Hall–Kier alpha value is -2.48. The zero-order chi connectivity index (χ0) is 19.5. The molecule has 7 nitrogen and oxygen atoms in total. The van der Waals surface area contributed by atoms with Crippen LogP contribution in [0.4, 0.5) is 9.18 Å².